The number of aryl methyl sites for hydroxylation is 2. The van der Waals surface area contributed by atoms with Gasteiger partial charge in [-0.3, -0.25) is 4.98 Å². The lowest BCUT2D eigenvalue weighted by Crippen LogP contribution is -2.23. The van der Waals surface area contributed by atoms with Crippen LogP contribution in [0.25, 0.3) is 0 Å². The largest absolute Gasteiger partial charge is 0.334 e. The van der Waals surface area contributed by atoms with Crippen LogP contribution in [0.4, 0.5) is 0 Å². The zero-order chi connectivity index (χ0) is 13.0. The van der Waals surface area contributed by atoms with Crippen molar-refractivity contribution < 1.29 is 0 Å². The molecule has 4 nitrogen and oxygen atoms in total. The molecule has 0 fully saturated rings. The van der Waals surface area contributed by atoms with Gasteiger partial charge in [0.05, 0.1) is 6.04 Å². The van der Waals surface area contributed by atoms with E-state index in [9.17, 15) is 0 Å². The third kappa shape index (κ3) is 2.29. The Balaban J connectivity index is 2.45. The van der Waals surface area contributed by atoms with E-state index in [0.717, 1.165) is 18.8 Å². The summed E-state index contributed by atoms with van der Waals surface area (Å²) in [7, 11) is 1.97. The fraction of sp³-hybridized carbons (Fsp3) is 0.429. The van der Waals surface area contributed by atoms with Crippen LogP contribution in [0.2, 0.25) is 0 Å². The monoisotopic (exact) mass is 244 g/mol. The van der Waals surface area contributed by atoms with E-state index in [1.165, 1.54) is 11.1 Å². The Morgan fingerprint density at radius 1 is 1.33 bits per heavy atom. The number of hydrogen-bond acceptors (Lipinski definition) is 3. The molecule has 1 atom stereocenters. The summed E-state index contributed by atoms with van der Waals surface area (Å²) in [5, 5.41) is 3.36. The number of aromatic nitrogens is 3. The van der Waals surface area contributed by atoms with Crippen molar-refractivity contribution in [2.45, 2.75) is 32.9 Å². The van der Waals surface area contributed by atoms with Crippen LogP contribution >= 0.6 is 0 Å². The molecule has 2 aromatic heterocycles. The molecular weight excluding hydrogens is 224 g/mol. The first kappa shape index (κ1) is 12.8. The predicted molar refractivity (Wildman–Crippen MR) is 72.4 cm³/mol. The average molecular weight is 244 g/mol. The molecule has 2 aromatic rings. The van der Waals surface area contributed by atoms with Gasteiger partial charge in [0, 0.05) is 31.3 Å². The van der Waals surface area contributed by atoms with Crippen LogP contribution in [0.3, 0.4) is 0 Å². The van der Waals surface area contributed by atoms with Crippen molar-refractivity contribution in [1.29, 1.82) is 0 Å². The minimum atomic E-state index is 0.123. The van der Waals surface area contributed by atoms with Gasteiger partial charge >= 0.3 is 0 Å². The highest BCUT2D eigenvalue weighted by molar-refractivity contribution is 5.31. The van der Waals surface area contributed by atoms with Gasteiger partial charge in [0.1, 0.15) is 5.82 Å². The molecule has 96 valence electrons. The molecule has 2 heterocycles. The van der Waals surface area contributed by atoms with Gasteiger partial charge in [0.25, 0.3) is 0 Å². The summed E-state index contributed by atoms with van der Waals surface area (Å²) < 4.78 is 2.17. The van der Waals surface area contributed by atoms with Crippen LogP contribution in [0.5, 0.6) is 0 Å². The maximum atomic E-state index is 4.49. The van der Waals surface area contributed by atoms with E-state index in [-0.39, 0.29) is 6.04 Å². The average Bonchev–Trinajstić information content (AvgIpc) is 2.88. The Morgan fingerprint density at radius 2 is 2.17 bits per heavy atom. The summed E-state index contributed by atoms with van der Waals surface area (Å²) >= 11 is 0. The Labute approximate surface area is 108 Å². The standard InChI is InChI=1S/C14H20N4/c1-4-11-10-16-7-6-12(11)13(15-3)14-17-8-9-18(14)5-2/h6-10,13,15H,4-5H2,1-3H3. The Bertz CT molecular complexity index is 504. The topological polar surface area (TPSA) is 42.7 Å². The SMILES string of the molecule is CCc1cnccc1C(NC)c1nccn1CC. The summed E-state index contributed by atoms with van der Waals surface area (Å²) in [4.78, 5) is 8.69. The number of imidazole rings is 1. The van der Waals surface area contributed by atoms with Crippen molar-refractivity contribution in [2.75, 3.05) is 7.05 Å². The van der Waals surface area contributed by atoms with E-state index in [0.29, 0.717) is 0 Å². The third-order valence-electron chi connectivity index (χ3n) is 3.27. The minimum Gasteiger partial charge on any atom is -0.334 e. The van der Waals surface area contributed by atoms with Gasteiger partial charge in [-0.05, 0) is 37.6 Å². The second-order valence-corrected chi connectivity index (χ2v) is 4.22. The van der Waals surface area contributed by atoms with Gasteiger partial charge in [-0.15, -0.1) is 0 Å². The van der Waals surface area contributed by atoms with E-state index in [1.54, 1.807) is 0 Å². The molecule has 18 heavy (non-hydrogen) atoms. The van der Waals surface area contributed by atoms with Gasteiger partial charge in [-0.1, -0.05) is 6.92 Å². The van der Waals surface area contributed by atoms with Crippen LogP contribution in [0, 0.1) is 0 Å². The third-order valence-corrected chi connectivity index (χ3v) is 3.27. The normalized spacial score (nSPS) is 12.6. The molecule has 0 amide bonds. The van der Waals surface area contributed by atoms with Gasteiger partial charge in [-0.2, -0.15) is 0 Å². The lowest BCUT2D eigenvalue weighted by molar-refractivity contribution is 0.586. The van der Waals surface area contributed by atoms with Crippen LogP contribution in [-0.2, 0) is 13.0 Å². The number of hydrogen-bond donors (Lipinski definition) is 1. The molecule has 0 aromatic carbocycles. The fourth-order valence-corrected chi connectivity index (χ4v) is 2.29. The summed E-state index contributed by atoms with van der Waals surface area (Å²) in [6.45, 7) is 5.21. The van der Waals surface area contributed by atoms with E-state index in [1.807, 2.05) is 31.8 Å². The highest BCUT2D eigenvalue weighted by Crippen LogP contribution is 2.23. The number of pyridine rings is 1. The molecule has 0 aliphatic rings. The van der Waals surface area contributed by atoms with E-state index in [4.69, 9.17) is 0 Å². The molecule has 0 saturated carbocycles. The summed E-state index contributed by atoms with van der Waals surface area (Å²) in [5.74, 6) is 1.06. The number of rotatable bonds is 5. The van der Waals surface area contributed by atoms with Crippen LogP contribution < -0.4 is 5.32 Å². The molecular formula is C14H20N4. The molecule has 0 bridgehead atoms. The van der Waals surface area contributed by atoms with E-state index in [2.05, 4.69) is 39.8 Å². The zero-order valence-electron chi connectivity index (χ0n) is 11.2. The highest BCUT2D eigenvalue weighted by atomic mass is 15.1. The van der Waals surface area contributed by atoms with Gasteiger partial charge in [0.15, 0.2) is 0 Å². The fourth-order valence-electron chi connectivity index (χ4n) is 2.29. The second kappa shape index (κ2) is 5.78. The summed E-state index contributed by atoms with van der Waals surface area (Å²) in [5.41, 5.74) is 2.53. The lowest BCUT2D eigenvalue weighted by Gasteiger charge is -2.19. The highest BCUT2D eigenvalue weighted by Gasteiger charge is 2.19. The molecule has 0 aliphatic carbocycles. The van der Waals surface area contributed by atoms with Crippen molar-refractivity contribution in [2.24, 2.45) is 0 Å². The predicted octanol–water partition coefficient (Wildman–Crippen LogP) is 2.17. The smallest absolute Gasteiger partial charge is 0.130 e. The molecule has 4 heteroatoms. The molecule has 0 radical (unpaired) electrons. The first-order valence-electron chi connectivity index (χ1n) is 6.42. The maximum absolute atomic E-state index is 4.49. The molecule has 1 N–H and O–H groups in total. The molecule has 2 rings (SSSR count). The summed E-state index contributed by atoms with van der Waals surface area (Å²) in [6.07, 6.45) is 8.65. The van der Waals surface area contributed by atoms with E-state index < -0.39 is 0 Å². The lowest BCUT2D eigenvalue weighted by atomic mass is 10.0. The molecule has 0 spiro atoms. The Kier molecular flexibility index (Phi) is 4.10. The van der Waals surface area contributed by atoms with Crippen molar-refractivity contribution in [1.82, 2.24) is 19.9 Å². The number of nitrogens with one attached hydrogen (secondary N) is 1. The molecule has 0 aliphatic heterocycles. The maximum Gasteiger partial charge on any atom is 0.130 e. The van der Waals surface area contributed by atoms with Gasteiger partial charge < -0.3 is 9.88 Å². The second-order valence-electron chi connectivity index (χ2n) is 4.22. The Morgan fingerprint density at radius 3 is 2.83 bits per heavy atom. The first-order chi connectivity index (χ1) is 8.81. The van der Waals surface area contributed by atoms with Gasteiger partial charge in [0.2, 0.25) is 0 Å². The Hall–Kier alpha value is -1.68. The van der Waals surface area contributed by atoms with Crippen molar-refractivity contribution in [3.63, 3.8) is 0 Å². The van der Waals surface area contributed by atoms with Crippen molar-refractivity contribution >= 4 is 0 Å². The molecule has 1 unspecified atom stereocenters. The molecule has 0 saturated heterocycles. The first-order valence-corrected chi connectivity index (χ1v) is 6.42. The van der Waals surface area contributed by atoms with Crippen LogP contribution in [-0.4, -0.2) is 21.6 Å². The zero-order valence-corrected chi connectivity index (χ0v) is 11.2. The van der Waals surface area contributed by atoms with E-state index >= 15 is 0 Å². The van der Waals surface area contributed by atoms with Crippen LogP contribution in [0.15, 0.2) is 30.9 Å². The quantitative estimate of drug-likeness (QED) is 0.876. The van der Waals surface area contributed by atoms with Crippen molar-refractivity contribution in [3.05, 3.63) is 47.8 Å². The van der Waals surface area contributed by atoms with Crippen LogP contribution in [0.1, 0.15) is 36.8 Å². The van der Waals surface area contributed by atoms with Gasteiger partial charge in [-0.25, -0.2) is 4.98 Å². The summed E-state index contributed by atoms with van der Waals surface area (Å²) in [6, 6.07) is 2.20. The number of nitrogens with zero attached hydrogens (tertiary/aromatic N) is 3. The van der Waals surface area contributed by atoms with Crippen molar-refractivity contribution in [3.8, 4) is 0 Å². The minimum absolute atomic E-state index is 0.123.